The first-order valence-corrected chi connectivity index (χ1v) is 14.2. The van der Waals surface area contributed by atoms with Gasteiger partial charge in [-0.2, -0.15) is 4.98 Å². The van der Waals surface area contributed by atoms with Crippen molar-refractivity contribution in [3.05, 3.63) is 53.3 Å². The van der Waals surface area contributed by atoms with Crippen molar-refractivity contribution in [1.82, 2.24) is 15.0 Å². The Morgan fingerprint density at radius 1 is 1.07 bits per heavy atom. The lowest BCUT2D eigenvalue weighted by atomic mass is 10.0. The van der Waals surface area contributed by atoms with E-state index < -0.39 is 36.6 Å². The molecule has 14 heteroatoms. The van der Waals surface area contributed by atoms with Crippen molar-refractivity contribution < 1.29 is 42.4 Å². The van der Waals surface area contributed by atoms with E-state index in [1.165, 1.54) is 24.3 Å². The number of aliphatic hydroxyl groups excluding tert-OH is 3. The van der Waals surface area contributed by atoms with Crippen LogP contribution < -0.4 is 20.1 Å². The van der Waals surface area contributed by atoms with Gasteiger partial charge in [0.1, 0.15) is 23.4 Å². The van der Waals surface area contributed by atoms with E-state index in [-0.39, 0.29) is 30.5 Å². The number of ether oxygens (including phenoxy) is 2. The van der Waals surface area contributed by atoms with Crippen LogP contribution in [0, 0.1) is 19.8 Å². The molecule has 4 aromatic rings. The van der Waals surface area contributed by atoms with Crippen LogP contribution in [0.1, 0.15) is 43.3 Å². The number of halogens is 3. The number of pyridine rings is 1. The van der Waals surface area contributed by atoms with Gasteiger partial charge in [0.2, 0.25) is 11.8 Å². The van der Waals surface area contributed by atoms with Crippen molar-refractivity contribution >= 4 is 22.7 Å². The number of fused-ring (bicyclic) bond motifs is 1. The minimum atomic E-state index is -4.79. The lowest BCUT2D eigenvalue weighted by Crippen LogP contribution is -2.38. The summed E-state index contributed by atoms with van der Waals surface area (Å²) in [5.74, 6) is 0.567. The molecule has 3 heterocycles. The van der Waals surface area contributed by atoms with Gasteiger partial charge in [0.05, 0.1) is 41.7 Å². The zero-order valence-electron chi connectivity index (χ0n) is 24.5. The van der Waals surface area contributed by atoms with E-state index in [2.05, 4.69) is 25.3 Å². The van der Waals surface area contributed by atoms with Crippen molar-refractivity contribution in [1.29, 1.82) is 0 Å². The molecule has 0 saturated heterocycles. The first kappa shape index (κ1) is 31.3. The fourth-order valence-electron chi connectivity index (χ4n) is 5.46. The number of rotatable bonds is 10. The number of furan rings is 1. The van der Waals surface area contributed by atoms with Crippen LogP contribution in [-0.4, -0.2) is 68.1 Å². The predicted molar refractivity (Wildman–Crippen MR) is 155 cm³/mol. The maximum Gasteiger partial charge on any atom is 0.573 e. The van der Waals surface area contributed by atoms with Crippen LogP contribution in [0.4, 0.5) is 24.9 Å². The average Bonchev–Trinajstić information content (AvgIpc) is 3.49. The highest BCUT2D eigenvalue weighted by Gasteiger charge is 2.42. The number of nitrogens with zero attached hydrogens (tertiary/aromatic N) is 3. The second-order valence-corrected chi connectivity index (χ2v) is 10.8. The number of nitrogens with one attached hydrogen (secondary N) is 2. The van der Waals surface area contributed by atoms with Gasteiger partial charge in [-0.3, -0.25) is 0 Å². The number of hydrogen-bond donors (Lipinski definition) is 5. The summed E-state index contributed by atoms with van der Waals surface area (Å²) in [6.07, 6.45) is -6.80. The van der Waals surface area contributed by atoms with Crippen LogP contribution in [0.2, 0.25) is 0 Å². The third-order valence-electron chi connectivity index (χ3n) is 7.59. The molecule has 5 atom stereocenters. The van der Waals surface area contributed by atoms with Crippen LogP contribution in [-0.2, 0) is 0 Å². The fourth-order valence-corrected chi connectivity index (χ4v) is 5.46. The Kier molecular flexibility index (Phi) is 8.86. The number of hydrogen-bond acceptors (Lipinski definition) is 11. The van der Waals surface area contributed by atoms with Gasteiger partial charge in [-0.1, -0.05) is 12.1 Å². The average molecular weight is 618 g/mol. The number of benzene rings is 1. The quantitative estimate of drug-likeness (QED) is 0.165. The molecular weight excluding hydrogens is 583 g/mol. The molecule has 0 spiro atoms. The number of aromatic nitrogens is 3. The normalized spacial score (nSPS) is 21.0. The van der Waals surface area contributed by atoms with E-state index in [0.29, 0.717) is 46.3 Å². The molecule has 3 aromatic heterocycles. The van der Waals surface area contributed by atoms with E-state index in [0.717, 1.165) is 5.39 Å². The van der Waals surface area contributed by atoms with Gasteiger partial charge in [0.15, 0.2) is 5.58 Å². The third-order valence-corrected chi connectivity index (χ3v) is 7.59. The third kappa shape index (κ3) is 6.66. The summed E-state index contributed by atoms with van der Waals surface area (Å²) >= 11 is 0. The van der Waals surface area contributed by atoms with Gasteiger partial charge in [-0.15, -0.1) is 13.2 Å². The van der Waals surface area contributed by atoms with Crippen LogP contribution in [0.15, 0.2) is 40.8 Å². The number of alkyl halides is 3. The minimum absolute atomic E-state index is 0.193. The first-order valence-electron chi connectivity index (χ1n) is 14.2. The summed E-state index contributed by atoms with van der Waals surface area (Å²) in [5, 5.41) is 38.1. The second-order valence-electron chi connectivity index (χ2n) is 10.8. The summed E-state index contributed by atoms with van der Waals surface area (Å²) in [5.41, 5.74) is 2.83. The van der Waals surface area contributed by atoms with E-state index in [1.807, 2.05) is 13.0 Å². The lowest BCUT2D eigenvalue weighted by Gasteiger charge is -2.25. The van der Waals surface area contributed by atoms with Gasteiger partial charge >= 0.3 is 6.36 Å². The smallest absolute Gasteiger partial charge is 0.478 e. The largest absolute Gasteiger partial charge is 0.573 e. The van der Waals surface area contributed by atoms with Gasteiger partial charge in [0, 0.05) is 24.0 Å². The standard InChI is InChI=1S/C30H34F3N5O6/c1-5-42-23-12-18-11-22(43-27(18)16(4)34-23)24-15(3)36-29(38-28(24)37-25-19(13-39)10-21(40)26(25)41)35-14(2)17-6-8-20(9-7-17)44-30(31,32)33/h6-9,11-12,14,19,21,25-26,39-41H,5,10,13H2,1-4H3,(H2,35,36,37,38)/t14-,19+,21-,25-,26-/m1/s1. The Morgan fingerprint density at radius 3 is 2.45 bits per heavy atom. The first-order chi connectivity index (χ1) is 20.9. The molecule has 44 heavy (non-hydrogen) atoms. The molecule has 236 valence electrons. The molecular formula is C30H34F3N5O6. The molecule has 11 nitrogen and oxygen atoms in total. The van der Waals surface area contributed by atoms with E-state index in [1.54, 1.807) is 26.8 Å². The van der Waals surface area contributed by atoms with Gasteiger partial charge in [0.25, 0.3) is 0 Å². The highest BCUT2D eigenvalue weighted by Crippen LogP contribution is 2.39. The van der Waals surface area contributed by atoms with Gasteiger partial charge < -0.3 is 39.8 Å². The Bertz CT molecular complexity index is 1610. The molecule has 1 saturated carbocycles. The van der Waals surface area contributed by atoms with Crippen molar-refractivity contribution in [2.45, 2.75) is 64.8 Å². The molecule has 0 bridgehead atoms. The molecule has 0 aliphatic heterocycles. The van der Waals surface area contributed by atoms with Crippen molar-refractivity contribution in [3.63, 3.8) is 0 Å². The van der Waals surface area contributed by atoms with Crippen molar-refractivity contribution in [3.8, 4) is 23.0 Å². The van der Waals surface area contributed by atoms with Crippen LogP contribution in [0.25, 0.3) is 22.3 Å². The molecule has 0 amide bonds. The van der Waals surface area contributed by atoms with Crippen LogP contribution in [0.5, 0.6) is 11.6 Å². The number of aryl methyl sites for hydroxylation is 2. The highest BCUT2D eigenvalue weighted by atomic mass is 19.4. The molecule has 0 unspecified atom stereocenters. The Balaban J connectivity index is 1.52. The van der Waals surface area contributed by atoms with Crippen LogP contribution in [0.3, 0.4) is 0 Å². The topological polar surface area (TPSA) is 155 Å². The summed E-state index contributed by atoms with van der Waals surface area (Å²) in [7, 11) is 0. The highest BCUT2D eigenvalue weighted by molar-refractivity contribution is 5.88. The molecule has 1 fully saturated rings. The Hall–Kier alpha value is -4.14. The van der Waals surface area contributed by atoms with Crippen molar-refractivity contribution in [2.75, 3.05) is 23.8 Å². The SMILES string of the molecule is CCOc1cc2cc(-c3c(C)nc(N[C@H](C)c4ccc(OC(F)(F)F)cc4)nc3N[C@@H]3[C@H](CO)C[C@@H](O)[C@H]3O)oc2c(C)n1. The van der Waals surface area contributed by atoms with Gasteiger partial charge in [-0.25, -0.2) is 9.97 Å². The summed E-state index contributed by atoms with van der Waals surface area (Å²) < 4.78 is 53.5. The Morgan fingerprint density at radius 2 is 1.80 bits per heavy atom. The predicted octanol–water partition coefficient (Wildman–Crippen LogP) is 4.89. The zero-order chi connectivity index (χ0) is 31.8. The molecule has 1 aromatic carbocycles. The zero-order valence-corrected chi connectivity index (χ0v) is 24.5. The lowest BCUT2D eigenvalue weighted by molar-refractivity contribution is -0.274. The minimum Gasteiger partial charge on any atom is -0.478 e. The summed E-state index contributed by atoms with van der Waals surface area (Å²) in [6.45, 7) is 7.40. The van der Waals surface area contributed by atoms with E-state index in [9.17, 15) is 28.5 Å². The summed E-state index contributed by atoms with van der Waals surface area (Å²) in [6, 6.07) is 7.88. The van der Waals surface area contributed by atoms with Crippen LogP contribution >= 0.6 is 0 Å². The number of anilines is 2. The maximum atomic E-state index is 12.6. The monoisotopic (exact) mass is 617 g/mol. The van der Waals surface area contributed by atoms with E-state index >= 15 is 0 Å². The molecule has 5 N–H and O–H groups in total. The van der Waals surface area contributed by atoms with Gasteiger partial charge in [-0.05, 0) is 57.9 Å². The maximum absolute atomic E-state index is 12.6. The van der Waals surface area contributed by atoms with Crippen molar-refractivity contribution in [2.24, 2.45) is 5.92 Å². The fraction of sp³-hybridized carbons (Fsp3) is 0.433. The molecule has 1 aliphatic rings. The summed E-state index contributed by atoms with van der Waals surface area (Å²) in [4.78, 5) is 13.8. The molecule has 0 radical (unpaired) electrons. The molecule has 5 rings (SSSR count). The Labute approximate surface area is 251 Å². The van der Waals surface area contributed by atoms with E-state index in [4.69, 9.17) is 14.1 Å². The molecule has 1 aliphatic carbocycles. The number of aliphatic hydroxyl groups is 3. The second kappa shape index (κ2) is 12.5.